The Bertz CT molecular complexity index is 513. The largest absolute Gasteiger partial charge is 0.481 e. The van der Waals surface area contributed by atoms with Crippen molar-refractivity contribution in [2.45, 2.75) is 37.6 Å². The predicted octanol–water partition coefficient (Wildman–Crippen LogP) is 3.20. The van der Waals surface area contributed by atoms with E-state index < -0.39 is 11.5 Å². The molecule has 2 rings (SSSR count). The highest BCUT2D eigenvalue weighted by molar-refractivity contribution is 14.1. The van der Waals surface area contributed by atoms with Gasteiger partial charge in [0.2, 0.25) is 0 Å². The normalized spacial score (nSPS) is 16.6. The molecule has 1 aliphatic rings. The highest BCUT2D eigenvalue weighted by Gasteiger charge is 2.37. The van der Waals surface area contributed by atoms with Crippen LogP contribution >= 0.6 is 22.6 Å². The molecule has 2 amide bonds. The minimum Gasteiger partial charge on any atom is -0.481 e. The van der Waals surface area contributed by atoms with Crippen molar-refractivity contribution in [2.24, 2.45) is 0 Å². The molecule has 0 aliphatic heterocycles. The van der Waals surface area contributed by atoms with E-state index in [4.69, 9.17) is 5.11 Å². The summed E-state index contributed by atoms with van der Waals surface area (Å²) in [5.41, 5.74) is 0.107. The number of nitrogens with one attached hydrogen (secondary N) is 2. The van der Waals surface area contributed by atoms with Crippen LogP contribution in [0.3, 0.4) is 0 Å². The number of benzene rings is 1. The van der Waals surface area contributed by atoms with Crippen LogP contribution in [0.15, 0.2) is 24.3 Å². The number of carbonyl (C=O) groups excluding carboxylic acids is 1. The maximum atomic E-state index is 12.0. The third-order valence-corrected chi connectivity index (χ3v) is 4.18. The molecule has 1 fully saturated rings. The van der Waals surface area contributed by atoms with Crippen LogP contribution in [-0.4, -0.2) is 22.6 Å². The number of hydrogen-bond acceptors (Lipinski definition) is 2. The van der Waals surface area contributed by atoms with Gasteiger partial charge in [-0.25, -0.2) is 4.79 Å². The summed E-state index contributed by atoms with van der Waals surface area (Å²) in [6.45, 7) is 0. The van der Waals surface area contributed by atoms with E-state index in [1.54, 1.807) is 6.07 Å². The number of carbonyl (C=O) groups is 2. The maximum absolute atomic E-state index is 12.0. The molecular weight excluding hydrogens is 371 g/mol. The maximum Gasteiger partial charge on any atom is 0.319 e. The Morgan fingerprint density at radius 2 is 2.00 bits per heavy atom. The van der Waals surface area contributed by atoms with Crippen molar-refractivity contribution in [1.29, 1.82) is 0 Å². The van der Waals surface area contributed by atoms with E-state index in [9.17, 15) is 9.59 Å². The van der Waals surface area contributed by atoms with E-state index in [0.29, 0.717) is 5.69 Å². The molecule has 0 spiro atoms. The first-order valence-corrected chi connectivity index (χ1v) is 7.64. The zero-order chi connectivity index (χ0) is 14.6. The van der Waals surface area contributed by atoms with Crippen molar-refractivity contribution in [3.63, 3.8) is 0 Å². The number of amides is 2. The molecule has 0 atom stereocenters. The third kappa shape index (κ3) is 4.09. The molecule has 5 nitrogen and oxygen atoms in total. The molecule has 3 N–H and O–H groups in total. The van der Waals surface area contributed by atoms with Crippen LogP contribution in [-0.2, 0) is 4.79 Å². The average molecular weight is 388 g/mol. The first kappa shape index (κ1) is 15.1. The van der Waals surface area contributed by atoms with Gasteiger partial charge in [-0.15, -0.1) is 0 Å². The number of urea groups is 1. The molecule has 0 aromatic heterocycles. The van der Waals surface area contributed by atoms with Gasteiger partial charge in [0.15, 0.2) is 0 Å². The fourth-order valence-corrected chi connectivity index (χ4v) is 3.20. The molecule has 20 heavy (non-hydrogen) atoms. The lowest BCUT2D eigenvalue weighted by Crippen LogP contribution is -2.49. The minimum absolute atomic E-state index is 0.0211. The molecule has 0 unspecified atom stereocenters. The van der Waals surface area contributed by atoms with Gasteiger partial charge in [0.25, 0.3) is 0 Å². The second-order valence-electron chi connectivity index (χ2n) is 5.15. The Labute approximate surface area is 131 Å². The first-order valence-electron chi connectivity index (χ1n) is 6.56. The van der Waals surface area contributed by atoms with Crippen LogP contribution in [0, 0.1) is 3.57 Å². The monoisotopic (exact) mass is 388 g/mol. The number of anilines is 1. The highest BCUT2D eigenvalue weighted by Crippen LogP contribution is 2.32. The third-order valence-electron chi connectivity index (χ3n) is 3.51. The standard InChI is InChI=1S/C14H17IN2O3/c15-10-4-3-5-11(8-10)16-13(20)17-14(9-12(18)19)6-1-2-7-14/h3-5,8H,1-2,6-7,9H2,(H,18,19)(H2,16,17,20). The Kier molecular flexibility index (Phi) is 4.85. The van der Waals surface area contributed by atoms with E-state index in [1.807, 2.05) is 18.2 Å². The Hall–Kier alpha value is -1.31. The quantitative estimate of drug-likeness (QED) is 0.694. The number of aliphatic carboxylic acids is 1. The predicted molar refractivity (Wildman–Crippen MR) is 84.8 cm³/mol. The Balaban J connectivity index is 2.00. The zero-order valence-corrected chi connectivity index (χ0v) is 13.1. The van der Waals surface area contributed by atoms with Crippen molar-refractivity contribution in [3.8, 4) is 0 Å². The number of hydrogen-bond donors (Lipinski definition) is 3. The summed E-state index contributed by atoms with van der Waals surface area (Å²) in [4.78, 5) is 23.0. The van der Waals surface area contributed by atoms with E-state index in [-0.39, 0.29) is 12.5 Å². The lowest BCUT2D eigenvalue weighted by molar-refractivity contribution is -0.138. The fraction of sp³-hybridized carbons (Fsp3) is 0.429. The summed E-state index contributed by atoms with van der Waals surface area (Å²) in [5.74, 6) is -0.874. The van der Waals surface area contributed by atoms with Crippen molar-refractivity contribution in [1.82, 2.24) is 5.32 Å². The van der Waals surface area contributed by atoms with Gasteiger partial charge in [0, 0.05) is 9.26 Å². The van der Waals surface area contributed by atoms with Gasteiger partial charge in [-0.3, -0.25) is 4.79 Å². The van der Waals surface area contributed by atoms with Gasteiger partial charge in [-0.05, 0) is 53.6 Å². The fourth-order valence-electron chi connectivity index (χ4n) is 2.66. The van der Waals surface area contributed by atoms with E-state index >= 15 is 0 Å². The summed E-state index contributed by atoms with van der Waals surface area (Å²) in [7, 11) is 0. The van der Waals surface area contributed by atoms with Crippen LogP contribution in [0.1, 0.15) is 32.1 Å². The molecule has 1 aliphatic carbocycles. The lowest BCUT2D eigenvalue weighted by Gasteiger charge is -2.28. The number of carboxylic acid groups (broad SMARTS) is 1. The van der Waals surface area contributed by atoms with Crippen molar-refractivity contribution < 1.29 is 14.7 Å². The number of halogens is 1. The molecule has 0 heterocycles. The smallest absolute Gasteiger partial charge is 0.319 e. The summed E-state index contributed by atoms with van der Waals surface area (Å²) in [5, 5.41) is 14.6. The molecule has 1 saturated carbocycles. The summed E-state index contributed by atoms with van der Waals surface area (Å²) < 4.78 is 1.03. The van der Waals surface area contributed by atoms with Gasteiger partial charge in [0.1, 0.15) is 0 Å². The van der Waals surface area contributed by atoms with Gasteiger partial charge in [0.05, 0.1) is 12.0 Å². The first-order chi connectivity index (χ1) is 9.49. The van der Waals surface area contributed by atoms with Crippen molar-refractivity contribution in [3.05, 3.63) is 27.8 Å². The van der Waals surface area contributed by atoms with Gasteiger partial charge < -0.3 is 15.7 Å². The number of rotatable bonds is 4. The zero-order valence-electron chi connectivity index (χ0n) is 11.0. The molecule has 0 radical (unpaired) electrons. The average Bonchev–Trinajstić information content (AvgIpc) is 2.75. The van der Waals surface area contributed by atoms with Crippen LogP contribution < -0.4 is 10.6 Å². The van der Waals surface area contributed by atoms with Crippen LogP contribution in [0.4, 0.5) is 10.5 Å². The van der Waals surface area contributed by atoms with Gasteiger partial charge in [-0.2, -0.15) is 0 Å². The van der Waals surface area contributed by atoms with E-state index in [0.717, 1.165) is 29.3 Å². The second kappa shape index (κ2) is 6.43. The van der Waals surface area contributed by atoms with E-state index in [1.165, 1.54) is 0 Å². The molecular formula is C14H17IN2O3. The molecule has 108 valence electrons. The SMILES string of the molecule is O=C(O)CC1(NC(=O)Nc2cccc(I)c2)CCCC1. The van der Waals surface area contributed by atoms with Gasteiger partial charge >= 0.3 is 12.0 Å². The van der Waals surface area contributed by atoms with Crippen LogP contribution in [0.25, 0.3) is 0 Å². The molecule has 1 aromatic carbocycles. The van der Waals surface area contributed by atoms with Crippen molar-refractivity contribution in [2.75, 3.05) is 5.32 Å². The topological polar surface area (TPSA) is 78.4 Å². The molecule has 0 saturated heterocycles. The minimum atomic E-state index is -0.874. The summed E-state index contributed by atoms with van der Waals surface area (Å²) in [6, 6.07) is 7.13. The van der Waals surface area contributed by atoms with Gasteiger partial charge in [-0.1, -0.05) is 18.9 Å². The molecule has 0 bridgehead atoms. The second-order valence-corrected chi connectivity index (χ2v) is 6.39. The van der Waals surface area contributed by atoms with E-state index in [2.05, 4.69) is 33.2 Å². The Morgan fingerprint density at radius 3 is 2.60 bits per heavy atom. The van der Waals surface area contributed by atoms with Crippen molar-refractivity contribution >= 4 is 40.3 Å². The Morgan fingerprint density at radius 1 is 1.30 bits per heavy atom. The lowest BCUT2D eigenvalue weighted by atomic mass is 9.93. The highest BCUT2D eigenvalue weighted by atomic mass is 127. The molecule has 6 heteroatoms. The van der Waals surface area contributed by atoms with Crippen LogP contribution in [0.5, 0.6) is 0 Å². The summed E-state index contributed by atoms with van der Waals surface area (Å²) >= 11 is 2.17. The number of carboxylic acids is 1. The van der Waals surface area contributed by atoms with Crippen LogP contribution in [0.2, 0.25) is 0 Å². The summed E-state index contributed by atoms with van der Waals surface area (Å²) in [6.07, 6.45) is 3.33. The molecule has 1 aromatic rings.